The van der Waals surface area contributed by atoms with Crippen molar-refractivity contribution in [2.45, 2.75) is 44.1 Å². The lowest BCUT2D eigenvalue weighted by Gasteiger charge is -2.60. The molecule has 142 valence electrons. The molecule has 0 spiro atoms. The molecule has 1 heterocycles. The molecule has 4 atom stereocenters. The molecule has 4 fully saturated rings. The molecule has 1 aromatic carbocycles. The van der Waals surface area contributed by atoms with E-state index in [2.05, 4.69) is 31.3 Å². The molecular formula is C19H19BrCl2N4O. The van der Waals surface area contributed by atoms with Gasteiger partial charge in [-0.2, -0.15) is 0 Å². The van der Waals surface area contributed by atoms with Crippen molar-refractivity contribution in [2.75, 3.05) is 5.32 Å². The number of hydrogen-bond donors (Lipinski definition) is 1. The Kier molecular flexibility index (Phi) is 4.12. The predicted molar refractivity (Wildman–Crippen MR) is 108 cm³/mol. The smallest absolute Gasteiger partial charge is 0.230 e. The Balaban J connectivity index is 1.46. The number of rotatable bonds is 3. The lowest BCUT2D eigenvalue weighted by molar-refractivity contribution is -0.150. The van der Waals surface area contributed by atoms with Gasteiger partial charge in [-0.1, -0.05) is 23.2 Å². The maximum atomic E-state index is 13.4. The average Bonchev–Trinajstić information content (AvgIpc) is 3.04. The van der Waals surface area contributed by atoms with E-state index in [1.807, 2.05) is 11.0 Å². The van der Waals surface area contributed by atoms with E-state index in [1.165, 1.54) is 6.42 Å². The first-order valence-corrected chi connectivity index (χ1v) is 10.8. The highest BCUT2D eigenvalue weighted by atomic mass is 79.9. The number of carbonyl (C=O) groups excluding carboxylic acids is 1. The summed E-state index contributed by atoms with van der Waals surface area (Å²) >= 11 is 15.5. The molecule has 1 N–H and O–H groups in total. The van der Waals surface area contributed by atoms with Crippen molar-refractivity contribution in [3.8, 4) is 0 Å². The number of hydrogen-bond acceptors (Lipinski definition) is 3. The van der Waals surface area contributed by atoms with Crippen LogP contribution in [-0.2, 0) is 10.3 Å². The molecule has 4 bridgehead atoms. The van der Waals surface area contributed by atoms with Crippen LogP contribution >= 0.6 is 39.1 Å². The molecule has 8 heteroatoms. The van der Waals surface area contributed by atoms with Crippen LogP contribution in [-0.4, -0.2) is 20.7 Å². The first kappa shape index (κ1) is 18.0. The highest BCUT2D eigenvalue weighted by Crippen LogP contribution is 2.64. The van der Waals surface area contributed by atoms with E-state index in [4.69, 9.17) is 23.2 Å². The van der Waals surface area contributed by atoms with E-state index >= 15 is 0 Å². The maximum absolute atomic E-state index is 13.4. The van der Waals surface area contributed by atoms with Crippen LogP contribution in [0.25, 0.3) is 0 Å². The summed E-state index contributed by atoms with van der Waals surface area (Å²) in [5.41, 5.74) is 0.245. The zero-order valence-corrected chi connectivity index (χ0v) is 17.7. The maximum Gasteiger partial charge on any atom is 0.230 e. The van der Waals surface area contributed by atoms with Gasteiger partial charge in [0.15, 0.2) is 0 Å². The summed E-state index contributed by atoms with van der Waals surface area (Å²) in [6.07, 6.45) is 7.92. The van der Waals surface area contributed by atoms with Crippen molar-refractivity contribution in [1.29, 1.82) is 0 Å². The Bertz CT molecular complexity index is 916. The molecule has 6 rings (SSSR count). The van der Waals surface area contributed by atoms with Crippen LogP contribution in [0.1, 0.15) is 38.5 Å². The van der Waals surface area contributed by atoms with Gasteiger partial charge in [-0.3, -0.25) is 4.79 Å². The Morgan fingerprint density at radius 1 is 1.19 bits per heavy atom. The third-order valence-electron chi connectivity index (χ3n) is 6.64. The molecule has 0 radical (unpaired) electrons. The van der Waals surface area contributed by atoms with E-state index in [0.29, 0.717) is 32.3 Å². The summed E-state index contributed by atoms with van der Waals surface area (Å²) in [5.74, 6) is 1.22. The minimum atomic E-state index is -0.353. The van der Waals surface area contributed by atoms with Gasteiger partial charge in [0.1, 0.15) is 6.33 Å². The molecule has 1 aromatic heterocycles. The van der Waals surface area contributed by atoms with E-state index in [0.717, 1.165) is 32.1 Å². The first-order valence-electron chi connectivity index (χ1n) is 9.22. The Morgan fingerprint density at radius 3 is 2.56 bits per heavy atom. The number of nitrogens with zero attached hydrogens (tertiary/aromatic N) is 3. The Morgan fingerprint density at radius 2 is 1.93 bits per heavy atom. The summed E-state index contributed by atoms with van der Waals surface area (Å²) in [4.78, 5) is 17.7. The van der Waals surface area contributed by atoms with Crippen LogP contribution in [0.4, 0.5) is 5.69 Å². The van der Waals surface area contributed by atoms with Gasteiger partial charge in [-0.05, 0) is 84.5 Å². The van der Waals surface area contributed by atoms with Crippen LogP contribution in [0.5, 0.6) is 0 Å². The van der Waals surface area contributed by atoms with Gasteiger partial charge in [0.25, 0.3) is 0 Å². The van der Waals surface area contributed by atoms with Crippen molar-refractivity contribution in [3.63, 3.8) is 0 Å². The summed E-state index contributed by atoms with van der Waals surface area (Å²) in [6.45, 7) is 0. The molecule has 1 amide bonds. The number of halogens is 3. The van der Waals surface area contributed by atoms with E-state index < -0.39 is 0 Å². The van der Waals surface area contributed by atoms with E-state index in [1.54, 1.807) is 18.2 Å². The van der Waals surface area contributed by atoms with Crippen LogP contribution in [0.2, 0.25) is 10.0 Å². The molecule has 4 aliphatic rings. The SMILES string of the molecule is O=C(Nc1ccc(Cl)c(Cl)c1)C12C[C@H]3C[C@@H](C1)CC(n1cnc(Br)n1)(C3)C2. The van der Waals surface area contributed by atoms with Gasteiger partial charge < -0.3 is 5.32 Å². The number of anilines is 1. The first-order chi connectivity index (χ1) is 12.9. The number of aromatic nitrogens is 3. The van der Waals surface area contributed by atoms with Crippen molar-refractivity contribution in [1.82, 2.24) is 14.8 Å². The van der Waals surface area contributed by atoms with Gasteiger partial charge in [0.2, 0.25) is 10.6 Å². The summed E-state index contributed by atoms with van der Waals surface area (Å²) < 4.78 is 2.61. The minimum absolute atomic E-state index is 0.0959. The third-order valence-corrected chi connectivity index (χ3v) is 7.74. The van der Waals surface area contributed by atoms with Crippen molar-refractivity contribution in [2.24, 2.45) is 17.3 Å². The fraction of sp³-hybridized carbons (Fsp3) is 0.526. The van der Waals surface area contributed by atoms with E-state index in [9.17, 15) is 4.79 Å². The van der Waals surface area contributed by atoms with Gasteiger partial charge in [0, 0.05) is 5.69 Å². The molecule has 27 heavy (non-hydrogen) atoms. The average molecular weight is 470 g/mol. The lowest BCUT2D eigenvalue weighted by atomic mass is 9.46. The van der Waals surface area contributed by atoms with Crippen molar-refractivity contribution < 1.29 is 4.79 Å². The summed E-state index contributed by atoms with van der Waals surface area (Å²) in [5, 5.41) is 8.59. The predicted octanol–water partition coefficient (Wildman–Crippen LogP) is 5.28. The van der Waals surface area contributed by atoms with Crippen molar-refractivity contribution >= 4 is 50.7 Å². The molecular weight excluding hydrogens is 451 g/mol. The molecule has 0 saturated heterocycles. The highest BCUT2D eigenvalue weighted by Gasteiger charge is 2.61. The summed E-state index contributed by atoms with van der Waals surface area (Å²) in [7, 11) is 0. The Hall–Kier alpha value is -1.11. The van der Waals surface area contributed by atoms with Crippen LogP contribution in [0, 0.1) is 17.3 Å². The molecule has 4 saturated carbocycles. The quantitative estimate of drug-likeness (QED) is 0.664. The number of nitrogens with one attached hydrogen (secondary N) is 1. The summed E-state index contributed by atoms with van der Waals surface area (Å²) in [6, 6.07) is 5.23. The molecule has 4 aliphatic carbocycles. The van der Waals surface area contributed by atoms with Crippen LogP contribution < -0.4 is 5.32 Å². The number of amides is 1. The van der Waals surface area contributed by atoms with Crippen LogP contribution in [0.15, 0.2) is 29.3 Å². The minimum Gasteiger partial charge on any atom is -0.326 e. The third kappa shape index (κ3) is 2.91. The van der Waals surface area contributed by atoms with E-state index in [-0.39, 0.29) is 16.9 Å². The normalized spacial score (nSPS) is 34.0. The molecule has 2 aromatic rings. The fourth-order valence-corrected chi connectivity index (χ4v) is 6.62. The second-order valence-electron chi connectivity index (χ2n) is 8.51. The zero-order valence-electron chi connectivity index (χ0n) is 14.6. The molecule has 2 unspecified atom stereocenters. The van der Waals surface area contributed by atoms with Gasteiger partial charge in [-0.25, -0.2) is 9.67 Å². The standard InChI is InChI=1S/C19H19BrCl2N4O/c20-17-23-10-26(25-17)19-7-11-3-12(8-19)6-18(5-11,9-19)16(27)24-13-1-2-14(21)15(22)4-13/h1-2,4,10-12H,3,5-9H2,(H,24,27)/t11-,12+,18?,19?. The zero-order chi connectivity index (χ0) is 18.8. The molecule has 5 nitrogen and oxygen atoms in total. The topological polar surface area (TPSA) is 59.8 Å². The van der Waals surface area contributed by atoms with Gasteiger partial charge >= 0.3 is 0 Å². The highest BCUT2D eigenvalue weighted by molar-refractivity contribution is 9.10. The monoisotopic (exact) mass is 468 g/mol. The fourth-order valence-electron chi connectivity index (χ4n) is 6.06. The lowest BCUT2D eigenvalue weighted by Crippen LogP contribution is -2.60. The van der Waals surface area contributed by atoms with Crippen molar-refractivity contribution in [3.05, 3.63) is 39.3 Å². The molecule has 0 aliphatic heterocycles. The second kappa shape index (κ2) is 6.19. The van der Waals surface area contributed by atoms with Gasteiger partial charge in [0.05, 0.1) is 21.0 Å². The van der Waals surface area contributed by atoms with Crippen LogP contribution in [0.3, 0.4) is 0 Å². The second-order valence-corrected chi connectivity index (χ2v) is 10.0. The number of benzene rings is 1. The number of carbonyl (C=O) groups is 1. The Labute approximate surface area is 175 Å². The van der Waals surface area contributed by atoms with Gasteiger partial charge in [-0.15, -0.1) is 5.10 Å². The largest absolute Gasteiger partial charge is 0.326 e.